The Morgan fingerprint density at radius 3 is 2.50 bits per heavy atom. The minimum absolute atomic E-state index is 0.782. The lowest BCUT2D eigenvalue weighted by atomic mass is 10.0. The van der Waals surface area contributed by atoms with Crippen LogP contribution in [0.3, 0.4) is 0 Å². The van der Waals surface area contributed by atoms with Crippen molar-refractivity contribution in [3.05, 3.63) is 35.4 Å². The number of rotatable bonds is 2. The van der Waals surface area contributed by atoms with E-state index in [2.05, 4.69) is 17.0 Å². The van der Waals surface area contributed by atoms with Gasteiger partial charge in [-0.3, -0.25) is 4.90 Å². The molecule has 2 aliphatic rings. The van der Waals surface area contributed by atoms with Gasteiger partial charge in [0.2, 0.25) is 0 Å². The molecule has 16 heavy (non-hydrogen) atoms. The first-order valence-corrected chi connectivity index (χ1v) is 6.11. The molecule has 2 nitrogen and oxygen atoms in total. The number of hydrogen-bond acceptors (Lipinski definition) is 2. The van der Waals surface area contributed by atoms with Gasteiger partial charge in [-0.1, -0.05) is 12.1 Å². The van der Waals surface area contributed by atoms with E-state index in [-0.39, 0.29) is 0 Å². The standard InChI is InChI=1S/C14H16N2/c15-9-11-2-1-3-12(8-11)10-16-13-4-5-14(16)7-6-13/h1-3,8,13-14H,4-7,10H2. The summed E-state index contributed by atoms with van der Waals surface area (Å²) in [5, 5.41) is 8.88. The second-order valence-electron chi connectivity index (χ2n) is 4.95. The molecular weight excluding hydrogens is 196 g/mol. The Hall–Kier alpha value is -1.33. The van der Waals surface area contributed by atoms with Crippen molar-refractivity contribution in [2.45, 2.75) is 44.3 Å². The van der Waals surface area contributed by atoms with Crippen LogP contribution < -0.4 is 0 Å². The monoisotopic (exact) mass is 212 g/mol. The smallest absolute Gasteiger partial charge is 0.0991 e. The molecule has 0 N–H and O–H groups in total. The van der Waals surface area contributed by atoms with Crippen molar-refractivity contribution < 1.29 is 0 Å². The van der Waals surface area contributed by atoms with Gasteiger partial charge in [-0.2, -0.15) is 5.26 Å². The van der Waals surface area contributed by atoms with Crippen molar-refractivity contribution in [2.75, 3.05) is 0 Å². The van der Waals surface area contributed by atoms with E-state index in [1.54, 1.807) is 0 Å². The van der Waals surface area contributed by atoms with Crippen molar-refractivity contribution in [3.63, 3.8) is 0 Å². The molecule has 1 aromatic rings. The third-order valence-electron chi connectivity index (χ3n) is 4.03. The van der Waals surface area contributed by atoms with E-state index >= 15 is 0 Å². The van der Waals surface area contributed by atoms with Crippen LogP contribution in [0, 0.1) is 11.3 Å². The van der Waals surface area contributed by atoms with Crippen LogP contribution in [0.15, 0.2) is 24.3 Å². The molecule has 2 aliphatic heterocycles. The Morgan fingerprint density at radius 2 is 1.88 bits per heavy atom. The fraction of sp³-hybridized carbons (Fsp3) is 0.500. The molecule has 0 saturated carbocycles. The molecule has 0 aliphatic carbocycles. The molecule has 0 radical (unpaired) electrons. The summed E-state index contributed by atoms with van der Waals surface area (Å²) in [6, 6.07) is 11.9. The molecule has 0 amide bonds. The predicted molar refractivity (Wildman–Crippen MR) is 62.7 cm³/mol. The zero-order chi connectivity index (χ0) is 11.0. The highest BCUT2D eigenvalue weighted by Crippen LogP contribution is 2.38. The van der Waals surface area contributed by atoms with E-state index in [4.69, 9.17) is 5.26 Å². The van der Waals surface area contributed by atoms with Gasteiger partial charge in [0.25, 0.3) is 0 Å². The average Bonchev–Trinajstić information content (AvgIpc) is 2.89. The van der Waals surface area contributed by atoms with Crippen molar-refractivity contribution in [1.29, 1.82) is 5.26 Å². The van der Waals surface area contributed by atoms with Crippen LogP contribution in [-0.2, 0) is 6.54 Å². The zero-order valence-corrected chi connectivity index (χ0v) is 9.39. The molecule has 0 aromatic heterocycles. The van der Waals surface area contributed by atoms with Gasteiger partial charge in [0.1, 0.15) is 0 Å². The van der Waals surface area contributed by atoms with E-state index < -0.39 is 0 Å². The molecule has 2 heterocycles. The van der Waals surface area contributed by atoms with Crippen molar-refractivity contribution in [2.24, 2.45) is 0 Å². The highest BCUT2D eigenvalue weighted by Gasteiger charge is 2.38. The van der Waals surface area contributed by atoms with Gasteiger partial charge >= 0.3 is 0 Å². The van der Waals surface area contributed by atoms with Gasteiger partial charge in [0.05, 0.1) is 11.6 Å². The number of nitriles is 1. The SMILES string of the molecule is N#Cc1cccc(CN2C3CCC2CC3)c1. The quantitative estimate of drug-likeness (QED) is 0.753. The summed E-state index contributed by atoms with van der Waals surface area (Å²) in [6.07, 6.45) is 5.51. The van der Waals surface area contributed by atoms with Gasteiger partial charge in [0.15, 0.2) is 0 Å². The normalized spacial score (nSPS) is 28.2. The Balaban J connectivity index is 1.77. The van der Waals surface area contributed by atoms with Gasteiger partial charge in [-0.15, -0.1) is 0 Å². The molecule has 3 rings (SSSR count). The number of fused-ring (bicyclic) bond motifs is 2. The van der Waals surface area contributed by atoms with Crippen molar-refractivity contribution in [3.8, 4) is 6.07 Å². The fourth-order valence-electron chi connectivity index (χ4n) is 3.23. The summed E-state index contributed by atoms with van der Waals surface area (Å²) in [5.74, 6) is 0. The van der Waals surface area contributed by atoms with Gasteiger partial charge in [-0.25, -0.2) is 0 Å². The van der Waals surface area contributed by atoms with Crippen LogP contribution in [-0.4, -0.2) is 17.0 Å². The molecule has 2 bridgehead atoms. The molecule has 0 unspecified atom stereocenters. The first-order valence-electron chi connectivity index (χ1n) is 6.11. The highest BCUT2D eigenvalue weighted by molar-refractivity contribution is 5.32. The minimum atomic E-state index is 0.782. The molecule has 2 fully saturated rings. The second kappa shape index (κ2) is 3.92. The molecular formula is C14H16N2. The van der Waals surface area contributed by atoms with E-state index in [1.807, 2.05) is 18.2 Å². The fourth-order valence-corrected chi connectivity index (χ4v) is 3.23. The van der Waals surface area contributed by atoms with E-state index in [9.17, 15) is 0 Å². The first kappa shape index (κ1) is 9.86. The summed E-state index contributed by atoms with van der Waals surface area (Å²) in [4.78, 5) is 2.64. The Labute approximate surface area is 96.5 Å². The molecule has 2 saturated heterocycles. The van der Waals surface area contributed by atoms with Crippen molar-refractivity contribution >= 4 is 0 Å². The molecule has 0 spiro atoms. The van der Waals surface area contributed by atoms with Gasteiger partial charge in [0, 0.05) is 18.6 Å². The summed E-state index contributed by atoms with van der Waals surface area (Å²) in [6.45, 7) is 1.03. The lowest BCUT2D eigenvalue weighted by Gasteiger charge is -2.21. The summed E-state index contributed by atoms with van der Waals surface area (Å²) in [7, 11) is 0. The van der Waals surface area contributed by atoms with Crippen molar-refractivity contribution in [1.82, 2.24) is 4.90 Å². The Kier molecular flexibility index (Phi) is 2.41. The van der Waals surface area contributed by atoms with Gasteiger partial charge in [-0.05, 0) is 43.4 Å². The predicted octanol–water partition coefficient (Wildman–Crippen LogP) is 2.69. The second-order valence-corrected chi connectivity index (χ2v) is 4.95. The summed E-state index contributed by atoms with van der Waals surface area (Å²) >= 11 is 0. The Bertz CT molecular complexity index is 413. The van der Waals surface area contributed by atoms with Crippen LogP contribution in [0.1, 0.15) is 36.8 Å². The number of hydrogen-bond donors (Lipinski definition) is 0. The zero-order valence-electron chi connectivity index (χ0n) is 9.39. The maximum Gasteiger partial charge on any atom is 0.0991 e. The number of nitrogens with zero attached hydrogens (tertiary/aromatic N) is 2. The van der Waals surface area contributed by atoms with E-state index in [0.717, 1.165) is 24.2 Å². The minimum Gasteiger partial charge on any atom is -0.293 e. The lowest BCUT2D eigenvalue weighted by molar-refractivity contribution is 0.244. The third-order valence-corrected chi connectivity index (χ3v) is 4.03. The Morgan fingerprint density at radius 1 is 1.19 bits per heavy atom. The maximum atomic E-state index is 8.88. The molecule has 0 atom stereocenters. The highest BCUT2D eigenvalue weighted by atomic mass is 15.2. The molecule has 1 aromatic carbocycles. The third kappa shape index (κ3) is 1.62. The maximum absolute atomic E-state index is 8.88. The van der Waals surface area contributed by atoms with Crippen LogP contribution in [0.25, 0.3) is 0 Å². The van der Waals surface area contributed by atoms with Crippen LogP contribution in [0.4, 0.5) is 0 Å². The van der Waals surface area contributed by atoms with E-state index in [1.165, 1.54) is 31.2 Å². The average molecular weight is 212 g/mol. The summed E-state index contributed by atoms with van der Waals surface area (Å²) < 4.78 is 0. The van der Waals surface area contributed by atoms with Crippen LogP contribution >= 0.6 is 0 Å². The number of benzene rings is 1. The molecule has 2 heteroatoms. The van der Waals surface area contributed by atoms with Gasteiger partial charge < -0.3 is 0 Å². The van der Waals surface area contributed by atoms with E-state index in [0.29, 0.717) is 0 Å². The topological polar surface area (TPSA) is 27.0 Å². The van der Waals surface area contributed by atoms with Crippen LogP contribution in [0.2, 0.25) is 0 Å². The first-order chi connectivity index (χ1) is 7.86. The van der Waals surface area contributed by atoms with Crippen LogP contribution in [0.5, 0.6) is 0 Å². The largest absolute Gasteiger partial charge is 0.293 e. The molecule has 82 valence electrons. The summed E-state index contributed by atoms with van der Waals surface area (Å²) in [5.41, 5.74) is 2.07. The lowest BCUT2D eigenvalue weighted by Crippen LogP contribution is -2.27.